The lowest BCUT2D eigenvalue weighted by molar-refractivity contribution is 0.594. The highest BCUT2D eigenvalue weighted by atomic mass is 35.5. The molecule has 0 spiro atoms. The number of hydrogen-bond acceptors (Lipinski definition) is 1. The number of halogens is 1. The summed E-state index contributed by atoms with van der Waals surface area (Å²) in [6.07, 6.45) is 3.00. The molecule has 1 aliphatic rings. The minimum absolute atomic E-state index is 0.0651. The molecule has 1 unspecified atom stereocenters. The van der Waals surface area contributed by atoms with Gasteiger partial charge in [0.1, 0.15) is 0 Å². The molecule has 0 saturated carbocycles. The minimum Gasteiger partial charge on any atom is -0.347 e. The van der Waals surface area contributed by atoms with Gasteiger partial charge in [0, 0.05) is 34.7 Å². The van der Waals surface area contributed by atoms with Crippen LogP contribution in [0.1, 0.15) is 18.1 Å². The Bertz CT molecular complexity index is 683. The number of rotatable bonds is 3. The van der Waals surface area contributed by atoms with Crippen molar-refractivity contribution in [1.82, 2.24) is 4.57 Å². The maximum atomic E-state index is 8.48. The molecular formula is C14H13ClN4. The molecule has 2 aromatic rings. The zero-order chi connectivity index (χ0) is 13.4. The zero-order valence-corrected chi connectivity index (χ0v) is 11.3. The van der Waals surface area contributed by atoms with Gasteiger partial charge in [-0.05, 0) is 34.9 Å². The van der Waals surface area contributed by atoms with Crippen molar-refractivity contribution < 1.29 is 0 Å². The van der Waals surface area contributed by atoms with E-state index in [1.54, 1.807) is 0 Å². The van der Waals surface area contributed by atoms with E-state index in [1.807, 2.05) is 19.1 Å². The van der Waals surface area contributed by atoms with Crippen LogP contribution in [0.3, 0.4) is 0 Å². The molecule has 3 rings (SSSR count). The lowest BCUT2D eigenvalue weighted by Crippen LogP contribution is -2.09. The summed E-state index contributed by atoms with van der Waals surface area (Å²) in [6, 6.07) is 8.09. The van der Waals surface area contributed by atoms with E-state index < -0.39 is 0 Å². The Kier molecular flexibility index (Phi) is 2.97. The Hall–Kier alpha value is -1.90. The summed E-state index contributed by atoms with van der Waals surface area (Å²) in [5.41, 5.74) is 13.5. The van der Waals surface area contributed by atoms with E-state index in [0.29, 0.717) is 6.54 Å². The molecule has 5 heteroatoms. The van der Waals surface area contributed by atoms with Crippen LogP contribution in [0.5, 0.6) is 0 Å². The molecule has 0 bridgehead atoms. The van der Waals surface area contributed by atoms with Crippen molar-refractivity contribution in [2.75, 3.05) is 0 Å². The molecule has 1 aliphatic carbocycles. The highest BCUT2D eigenvalue weighted by molar-refractivity contribution is 6.30. The third-order valence-electron chi connectivity index (χ3n) is 3.46. The monoisotopic (exact) mass is 272 g/mol. The molecule has 4 nitrogen and oxygen atoms in total. The molecule has 0 radical (unpaired) electrons. The number of aromatic nitrogens is 1. The first-order valence-corrected chi connectivity index (χ1v) is 6.58. The molecule has 0 aliphatic heterocycles. The van der Waals surface area contributed by atoms with Crippen molar-refractivity contribution in [3.8, 4) is 11.3 Å². The van der Waals surface area contributed by atoms with Crippen molar-refractivity contribution >= 4 is 11.6 Å². The second-order valence-electron chi connectivity index (χ2n) is 4.87. The quantitative estimate of drug-likeness (QED) is 0.385. The predicted octanol–water partition coefficient (Wildman–Crippen LogP) is 4.41. The van der Waals surface area contributed by atoms with Gasteiger partial charge >= 0.3 is 0 Å². The molecule has 1 heterocycles. The highest BCUT2D eigenvalue weighted by Gasteiger charge is 2.22. The first-order chi connectivity index (χ1) is 9.19. The van der Waals surface area contributed by atoms with Crippen molar-refractivity contribution in [3.63, 3.8) is 0 Å². The van der Waals surface area contributed by atoms with Gasteiger partial charge in [0.05, 0.1) is 11.7 Å². The number of benzene rings is 1. The summed E-state index contributed by atoms with van der Waals surface area (Å²) in [5, 5.41) is 4.48. The average molecular weight is 273 g/mol. The Balaban J connectivity index is 2.02. The average Bonchev–Trinajstić information content (AvgIpc) is 2.90. The van der Waals surface area contributed by atoms with Crippen molar-refractivity contribution in [2.45, 2.75) is 25.9 Å². The molecule has 0 N–H and O–H groups in total. The summed E-state index contributed by atoms with van der Waals surface area (Å²) in [5.74, 6) is 0. The zero-order valence-electron chi connectivity index (χ0n) is 10.5. The number of nitrogens with zero attached hydrogens (tertiary/aromatic N) is 4. The van der Waals surface area contributed by atoms with E-state index in [2.05, 4.69) is 32.9 Å². The van der Waals surface area contributed by atoms with Crippen LogP contribution in [-0.2, 0) is 13.0 Å². The van der Waals surface area contributed by atoms with Crippen molar-refractivity contribution in [2.24, 2.45) is 5.11 Å². The maximum Gasteiger partial charge on any atom is 0.0525 e. The van der Waals surface area contributed by atoms with Gasteiger partial charge < -0.3 is 4.57 Å². The number of fused-ring (bicyclic) bond motifs is 3. The van der Waals surface area contributed by atoms with Gasteiger partial charge in [-0.25, -0.2) is 0 Å². The fourth-order valence-corrected chi connectivity index (χ4v) is 2.85. The van der Waals surface area contributed by atoms with Gasteiger partial charge in [-0.1, -0.05) is 29.7 Å². The largest absolute Gasteiger partial charge is 0.347 e. The summed E-state index contributed by atoms with van der Waals surface area (Å²) in [7, 11) is 0. The van der Waals surface area contributed by atoms with Gasteiger partial charge in [0.2, 0.25) is 0 Å². The third-order valence-corrected chi connectivity index (χ3v) is 3.70. The topological polar surface area (TPSA) is 53.7 Å². The molecule has 0 fully saturated rings. The van der Waals surface area contributed by atoms with Crippen LogP contribution in [0.2, 0.25) is 5.02 Å². The van der Waals surface area contributed by atoms with Crippen LogP contribution < -0.4 is 0 Å². The Morgan fingerprint density at radius 1 is 1.42 bits per heavy atom. The summed E-state index contributed by atoms with van der Waals surface area (Å²) < 4.78 is 2.15. The molecule has 19 heavy (non-hydrogen) atoms. The Morgan fingerprint density at radius 2 is 2.26 bits per heavy atom. The molecule has 1 atom stereocenters. The molecule has 1 aromatic heterocycles. The Labute approximate surface area is 116 Å². The van der Waals surface area contributed by atoms with Crippen LogP contribution in [0, 0.1) is 0 Å². The van der Waals surface area contributed by atoms with Crippen LogP contribution in [0.25, 0.3) is 21.7 Å². The van der Waals surface area contributed by atoms with Crippen molar-refractivity contribution in [3.05, 3.63) is 57.1 Å². The number of azide groups is 1. The van der Waals surface area contributed by atoms with E-state index in [4.69, 9.17) is 17.1 Å². The normalized spacial score (nSPS) is 13.6. The molecule has 96 valence electrons. The predicted molar refractivity (Wildman–Crippen MR) is 76.3 cm³/mol. The van der Waals surface area contributed by atoms with Crippen LogP contribution in [0.4, 0.5) is 0 Å². The SMILES string of the molecule is CC(Cn1ccc2c1-c1cc(Cl)ccc1C2)N=[N+]=[N-]. The lowest BCUT2D eigenvalue weighted by atomic mass is 10.1. The molecular weight excluding hydrogens is 260 g/mol. The fraction of sp³-hybridized carbons (Fsp3) is 0.286. The van der Waals surface area contributed by atoms with Gasteiger partial charge in [-0.3, -0.25) is 0 Å². The van der Waals surface area contributed by atoms with Gasteiger partial charge in [-0.2, -0.15) is 0 Å². The van der Waals surface area contributed by atoms with Gasteiger partial charge in [0.25, 0.3) is 0 Å². The minimum atomic E-state index is -0.0651. The van der Waals surface area contributed by atoms with Crippen LogP contribution >= 0.6 is 11.6 Å². The highest BCUT2D eigenvalue weighted by Crippen LogP contribution is 2.38. The molecule has 1 aromatic carbocycles. The lowest BCUT2D eigenvalue weighted by Gasteiger charge is -2.11. The van der Waals surface area contributed by atoms with E-state index in [-0.39, 0.29) is 6.04 Å². The fourth-order valence-electron chi connectivity index (χ4n) is 2.68. The van der Waals surface area contributed by atoms with Crippen molar-refractivity contribution in [1.29, 1.82) is 0 Å². The summed E-state index contributed by atoms with van der Waals surface area (Å²) in [4.78, 5) is 2.86. The standard InChI is InChI=1S/C14H13ClN4/c1-9(17-18-16)8-19-5-4-11-6-10-2-3-12(15)7-13(10)14(11)19/h2-5,7,9H,6,8H2,1H3. The second kappa shape index (κ2) is 4.65. The van der Waals surface area contributed by atoms with E-state index in [0.717, 1.165) is 11.4 Å². The van der Waals surface area contributed by atoms with Crippen LogP contribution in [0.15, 0.2) is 35.6 Å². The third kappa shape index (κ3) is 2.09. The number of hydrogen-bond donors (Lipinski definition) is 0. The summed E-state index contributed by atoms with van der Waals surface area (Å²) >= 11 is 6.09. The van der Waals surface area contributed by atoms with Crippen LogP contribution in [-0.4, -0.2) is 10.6 Å². The first kappa shape index (κ1) is 12.2. The maximum absolute atomic E-state index is 8.48. The van der Waals surface area contributed by atoms with E-state index in [1.165, 1.54) is 22.4 Å². The van der Waals surface area contributed by atoms with Gasteiger partial charge in [-0.15, -0.1) is 0 Å². The summed E-state index contributed by atoms with van der Waals surface area (Å²) in [6.45, 7) is 2.60. The first-order valence-electron chi connectivity index (χ1n) is 6.20. The van der Waals surface area contributed by atoms with E-state index >= 15 is 0 Å². The molecule has 0 amide bonds. The Morgan fingerprint density at radius 3 is 3.05 bits per heavy atom. The molecule has 0 saturated heterocycles. The van der Waals surface area contributed by atoms with Gasteiger partial charge in [0.15, 0.2) is 0 Å². The second-order valence-corrected chi connectivity index (χ2v) is 5.31. The van der Waals surface area contributed by atoms with E-state index in [9.17, 15) is 0 Å². The smallest absolute Gasteiger partial charge is 0.0525 e.